The summed E-state index contributed by atoms with van der Waals surface area (Å²) in [6.07, 6.45) is 20.5. The molecule has 2 aromatic carbocycles. The summed E-state index contributed by atoms with van der Waals surface area (Å²) in [6, 6.07) is 22.2. The van der Waals surface area contributed by atoms with Crippen LogP contribution in [0.4, 0.5) is 0 Å². The predicted octanol–water partition coefficient (Wildman–Crippen LogP) is 1.34. The Morgan fingerprint density at radius 1 is 0.444 bits per heavy atom. The molecule has 0 spiro atoms. The summed E-state index contributed by atoms with van der Waals surface area (Å²) in [7, 11) is 4.27. The molecule has 2 nitrogen and oxygen atoms in total. The summed E-state index contributed by atoms with van der Waals surface area (Å²) in [5, 5.41) is 2.84. The Bertz CT molecular complexity index is 1110. The number of hydrogen-bond acceptors (Lipinski definition) is 0. The number of pyridine rings is 2. The standard InChI is InChI=1S/C32H42N2.2HI/c1-33-25-23-27(29-19-13-15-21-31(29)33)17-11-9-7-5-3-4-6-8-10-12-18-28-24-26-34(2)32-22-16-14-20-30(28)32;;/h13-16,19-26H,3-12,17-18H2,1-2H3;2*1H/q+2;;/p-2. The van der Waals surface area contributed by atoms with Gasteiger partial charge in [-0.25, -0.2) is 9.13 Å². The maximum atomic E-state index is 2.31. The second-order valence-electron chi connectivity index (χ2n) is 9.97. The smallest absolute Gasteiger partial charge is 0.212 e. The number of benzene rings is 2. The lowest BCUT2D eigenvalue weighted by molar-refractivity contribution is -0.645. The van der Waals surface area contributed by atoms with Gasteiger partial charge in [-0.1, -0.05) is 75.6 Å². The lowest BCUT2D eigenvalue weighted by Crippen LogP contribution is -3.00. The van der Waals surface area contributed by atoms with Gasteiger partial charge in [0.15, 0.2) is 12.4 Å². The van der Waals surface area contributed by atoms with Gasteiger partial charge in [-0.05, 0) is 48.9 Å². The number of nitrogens with zero attached hydrogens (tertiary/aromatic N) is 2. The number of fused-ring (bicyclic) bond motifs is 2. The highest BCUT2D eigenvalue weighted by molar-refractivity contribution is 5.79. The zero-order valence-corrected chi connectivity index (χ0v) is 26.4. The highest BCUT2D eigenvalue weighted by atomic mass is 127. The minimum atomic E-state index is 0. The summed E-state index contributed by atoms with van der Waals surface area (Å²) in [6.45, 7) is 0. The molecular formula is C32H42I2N2. The SMILES string of the molecule is C[n+]1ccc(CCCCCCCCCCCCc2cc[n+](C)c3ccccc23)c2ccccc21.[I-].[I-]. The monoisotopic (exact) mass is 708 g/mol. The van der Waals surface area contributed by atoms with E-state index in [1.165, 1.54) is 110 Å². The van der Waals surface area contributed by atoms with Crippen molar-refractivity contribution in [2.45, 2.75) is 77.0 Å². The van der Waals surface area contributed by atoms with Crippen molar-refractivity contribution in [1.82, 2.24) is 0 Å². The van der Waals surface area contributed by atoms with Crippen molar-refractivity contribution in [2.24, 2.45) is 14.1 Å². The van der Waals surface area contributed by atoms with Gasteiger partial charge in [-0.2, -0.15) is 0 Å². The molecule has 0 saturated heterocycles. The molecule has 0 aliphatic rings. The summed E-state index contributed by atoms with van der Waals surface area (Å²) < 4.78 is 4.45. The molecular weight excluding hydrogens is 666 g/mol. The molecule has 36 heavy (non-hydrogen) atoms. The van der Waals surface area contributed by atoms with Crippen molar-refractivity contribution in [2.75, 3.05) is 0 Å². The Hall–Kier alpha value is -1.28. The number of aromatic nitrogens is 2. The van der Waals surface area contributed by atoms with Gasteiger partial charge >= 0.3 is 0 Å². The van der Waals surface area contributed by atoms with Gasteiger partial charge in [0.25, 0.3) is 0 Å². The zero-order valence-electron chi connectivity index (χ0n) is 22.1. The molecule has 0 unspecified atom stereocenters. The molecule has 4 heteroatoms. The van der Waals surface area contributed by atoms with E-state index in [2.05, 4.69) is 96.3 Å². The third-order valence-corrected chi connectivity index (χ3v) is 7.40. The first-order chi connectivity index (χ1) is 16.7. The number of unbranched alkanes of at least 4 members (excludes halogenated alkanes) is 9. The normalized spacial score (nSPS) is 10.8. The Morgan fingerprint density at radius 2 is 0.778 bits per heavy atom. The van der Waals surface area contributed by atoms with E-state index in [4.69, 9.17) is 0 Å². The first kappa shape index (κ1) is 30.9. The molecule has 0 saturated carbocycles. The highest BCUT2D eigenvalue weighted by Crippen LogP contribution is 2.20. The fourth-order valence-electron chi connectivity index (χ4n) is 5.33. The summed E-state index contributed by atoms with van der Waals surface area (Å²) in [4.78, 5) is 0. The van der Waals surface area contributed by atoms with Crippen molar-refractivity contribution in [1.29, 1.82) is 0 Å². The molecule has 0 fully saturated rings. The van der Waals surface area contributed by atoms with Crippen LogP contribution in [0.1, 0.15) is 75.3 Å². The molecule has 2 heterocycles. The number of rotatable bonds is 13. The van der Waals surface area contributed by atoms with Crippen molar-refractivity contribution in [3.05, 3.63) is 84.2 Å². The molecule has 0 aliphatic heterocycles. The third-order valence-electron chi connectivity index (χ3n) is 7.40. The molecule has 0 bridgehead atoms. The molecule has 4 aromatic rings. The second-order valence-corrected chi connectivity index (χ2v) is 9.97. The van der Waals surface area contributed by atoms with E-state index < -0.39 is 0 Å². The molecule has 0 N–H and O–H groups in total. The van der Waals surface area contributed by atoms with Crippen LogP contribution in [0.3, 0.4) is 0 Å². The number of para-hydroxylation sites is 2. The predicted molar refractivity (Wildman–Crippen MR) is 144 cm³/mol. The molecule has 194 valence electrons. The summed E-state index contributed by atoms with van der Waals surface area (Å²) in [5.41, 5.74) is 5.69. The van der Waals surface area contributed by atoms with Gasteiger partial charge in [-0.3, -0.25) is 0 Å². The minimum absolute atomic E-state index is 0. The van der Waals surface area contributed by atoms with Gasteiger partial charge in [0.1, 0.15) is 14.1 Å². The van der Waals surface area contributed by atoms with E-state index in [9.17, 15) is 0 Å². The van der Waals surface area contributed by atoms with Crippen molar-refractivity contribution >= 4 is 21.8 Å². The number of hydrogen-bond donors (Lipinski definition) is 0. The molecule has 0 amide bonds. The maximum Gasteiger partial charge on any atom is 0.212 e. The van der Waals surface area contributed by atoms with E-state index in [0.717, 1.165) is 0 Å². The molecule has 0 aliphatic carbocycles. The van der Waals surface area contributed by atoms with Crippen LogP contribution in [0.25, 0.3) is 21.8 Å². The van der Waals surface area contributed by atoms with E-state index >= 15 is 0 Å². The van der Waals surface area contributed by atoms with Crippen LogP contribution in [0.2, 0.25) is 0 Å². The van der Waals surface area contributed by atoms with Crippen LogP contribution in [-0.4, -0.2) is 0 Å². The Balaban J connectivity index is 0.00000228. The fraction of sp³-hybridized carbons (Fsp3) is 0.438. The largest absolute Gasteiger partial charge is 1.00 e. The lowest BCUT2D eigenvalue weighted by Gasteiger charge is -2.06. The second kappa shape index (κ2) is 16.5. The highest BCUT2D eigenvalue weighted by Gasteiger charge is 2.09. The number of halogens is 2. The number of aryl methyl sites for hydroxylation is 4. The summed E-state index contributed by atoms with van der Waals surface area (Å²) in [5.74, 6) is 0. The topological polar surface area (TPSA) is 7.76 Å². The Morgan fingerprint density at radius 3 is 1.17 bits per heavy atom. The maximum absolute atomic E-state index is 2.31. The van der Waals surface area contributed by atoms with Crippen LogP contribution >= 0.6 is 0 Å². The van der Waals surface area contributed by atoms with Gasteiger partial charge in [0, 0.05) is 35.0 Å². The van der Waals surface area contributed by atoms with E-state index in [1.54, 1.807) is 0 Å². The molecule has 0 radical (unpaired) electrons. The van der Waals surface area contributed by atoms with Crippen LogP contribution in [0.15, 0.2) is 73.1 Å². The average molecular weight is 709 g/mol. The molecule has 2 aromatic heterocycles. The Kier molecular flexibility index (Phi) is 14.2. The van der Waals surface area contributed by atoms with E-state index in [-0.39, 0.29) is 48.0 Å². The lowest BCUT2D eigenvalue weighted by atomic mass is 10.00. The Labute approximate surface area is 252 Å². The van der Waals surface area contributed by atoms with E-state index in [1.807, 2.05) is 0 Å². The van der Waals surface area contributed by atoms with Gasteiger partial charge in [-0.15, -0.1) is 0 Å². The first-order valence-electron chi connectivity index (χ1n) is 13.5. The van der Waals surface area contributed by atoms with Crippen LogP contribution in [0.5, 0.6) is 0 Å². The van der Waals surface area contributed by atoms with Crippen molar-refractivity contribution < 1.29 is 57.1 Å². The average Bonchev–Trinajstić information content (AvgIpc) is 2.87. The van der Waals surface area contributed by atoms with Crippen LogP contribution < -0.4 is 57.1 Å². The minimum Gasteiger partial charge on any atom is -1.00 e. The fourth-order valence-corrected chi connectivity index (χ4v) is 5.33. The van der Waals surface area contributed by atoms with Gasteiger partial charge < -0.3 is 48.0 Å². The third kappa shape index (κ3) is 8.64. The van der Waals surface area contributed by atoms with Crippen molar-refractivity contribution in [3.63, 3.8) is 0 Å². The molecule has 4 rings (SSSR count). The van der Waals surface area contributed by atoms with E-state index in [0.29, 0.717) is 0 Å². The quantitative estimate of drug-likeness (QED) is 0.113. The van der Waals surface area contributed by atoms with Crippen LogP contribution in [0, 0.1) is 0 Å². The summed E-state index contributed by atoms with van der Waals surface area (Å²) >= 11 is 0. The first-order valence-corrected chi connectivity index (χ1v) is 13.5. The van der Waals surface area contributed by atoms with Crippen LogP contribution in [-0.2, 0) is 26.9 Å². The zero-order chi connectivity index (χ0) is 23.6. The van der Waals surface area contributed by atoms with Crippen molar-refractivity contribution in [3.8, 4) is 0 Å². The molecule has 0 atom stereocenters. The van der Waals surface area contributed by atoms with Gasteiger partial charge in [0.05, 0.1) is 0 Å². The van der Waals surface area contributed by atoms with Gasteiger partial charge in [0.2, 0.25) is 11.0 Å².